The van der Waals surface area contributed by atoms with E-state index in [0.29, 0.717) is 5.56 Å². The van der Waals surface area contributed by atoms with Crippen molar-refractivity contribution in [3.63, 3.8) is 0 Å². The molecule has 2 aliphatic rings. The molecule has 0 spiro atoms. The lowest BCUT2D eigenvalue weighted by molar-refractivity contribution is -0.274. The fourth-order valence-corrected chi connectivity index (χ4v) is 3.19. The van der Waals surface area contributed by atoms with Crippen LogP contribution in [0.5, 0.6) is 11.5 Å². The second-order valence-corrected chi connectivity index (χ2v) is 6.79. The van der Waals surface area contributed by atoms with Gasteiger partial charge in [-0.25, -0.2) is 4.99 Å². The number of halogens is 5. The number of allylic oxidation sites excluding steroid dienone is 1. The van der Waals surface area contributed by atoms with Gasteiger partial charge in [-0.2, -0.15) is 8.78 Å². The van der Waals surface area contributed by atoms with Crippen LogP contribution in [0.1, 0.15) is 18.0 Å². The van der Waals surface area contributed by atoms with E-state index in [2.05, 4.69) is 14.5 Å². The van der Waals surface area contributed by atoms with Crippen LogP contribution in [0.2, 0.25) is 0 Å². The number of benzene rings is 2. The molecule has 178 valence electrons. The van der Waals surface area contributed by atoms with E-state index in [-0.39, 0.29) is 23.8 Å². The minimum absolute atomic E-state index is 0.145. The molecule has 34 heavy (non-hydrogen) atoms. The fourth-order valence-electron chi connectivity index (χ4n) is 3.19. The summed E-state index contributed by atoms with van der Waals surface area (Å²) in [6.45, 7) is -3.04. The maximum atomic E-state index is 12.4. The number of carbonyl (C=O) groups excluding carboxylic acids is 3. The molecule has 1 saturated heterocycles. The first-order valence-corrected chi connectivity index (χ1v) is 9.55. The number of alkyl halides is 5. The summed E-state index contributed by atoms with van der Waals surface area (Å²) in [5.41, 5.74) is 0.531. The molecule has 0 N–H and O–H groups in total. The average molecular weight is 482 g/mol. The molecule has 0 aromatic heterocycles. The van der Waals surface area contributed by atoms with Gasteiger partial charge in [0.25, 0.3) is 11.8 Å². The number of rotatable bonds is 5. The molecular formula is C22H15F5N2O5. The third-order valence-corrected chi connectivity index (χ3v) is 4.49. The Hall–Kier alpha value is -4.09. The molecule has 1 fully saturated rings. The Morgan fingerprint density at radius 2 is 1.71 bits per heavy atom. The lowest BCUT2D eigenvalue weighted by Gasteiger charge is -2.25. The maximum absolute atomic E-state index is 12.4. The van der Waals surface area contributed by atoms with E-state index >= 15 is 0 Å². The summed E-state index contributed by atoms with van der Waals surface area (Å²) in [4.78, 5) is 38.6. The van der Waals surface area contributed by atoms with Crippen molar-refractivity contribution in [3.8, 4) is 11.5 Å². The molecule has 0 aliphatic carbocycles. The number of aliphatic imine (C=N–C) groups is 1. The Bertz CT molecular complexity index is 1120. The van der Waals surface area contributed by atoms with Crippen molar-refractivity contribution in [3.05, 3.63) is 66.2 Å². The zero-order chi connectivity index (χ0) is 24.9. The molecule has 2 aromatic rings. The van der Waals surface area contributed by atoms with E-state index in [9.17, 15) is 36.3 Å². The van der Waals surface area contributed by atoms with Crippen LogP contribution >= 0.6 is 0 Å². The zero-order valence-electron chi connectivity index (χ0n) is 17.0. The average Bonchev–Trinajstić information content (AvgIpc) is 3.35. The van der Waals surface area contributed by atoms with Crippen LogP contribution in [0, 0.1) is 0 Å². The highest BCUT2D eigenvalue weighted by molar-refractivity contribution is 6.44. The van der Waals surface area contributed by atoms with Gasteiger partial charge in [0.1, 0.15) is 11.5 Å². The summed E-state index contributed by atoms with van der Waals surface area (Å²) in [6.07, 6.45) is -0.572. The molecule has 12 heteroatoms. The Kier molecular flexibility index (Phi) is 7.39. The molecule has 7 nitrogen and oxygen atoms in total. The molecule has 4 rings (SSSR count). The van der Waals surface area contributed by atoms with E-state index in [1.807, 2.05) is 0 Å². The van der Waals surface area contributed by atoms with Gasteiger partial charge in [-0.1, -0.05) is 12.1 Å². The van der Waals surface area contributed by atoms with Crippen LogP contribution in [0.25, 0.3) is 0 Å². The number of Topliss-reactive ketones (excluding diaryl/α,β-unsaturated/α-hetero) is 1. The molecular weight excluding hydrogens is 467 g/mol. The van der Waals surface area contributed by atoms with Crippen molar-refractivity contribution in [1.29, 1.82) is 0 Å². The van der Waals surface area contributed by atoms with Crippen LogP contribution in [0.3, 0.4) is 0 Å². The van der Waals surface area contributed by atoms with Crippen LogP contribution in [0.15, 0.2) is 65.7 Å². The SMILES string of the molecule is O=C1C=CC=N1.O=C1CC(c2cccc(OC(F)F)c2)N(c2ccc(OC(F)(F)F)cc2)C1=O. The number of ketones is 1. The van der Waals surface area contributed by atoms with E-state index in [0.717, 1.165) is 17.0 Å². The largest absolute Gasteiger partial charge is 0.573 e. The monoisotopic (exact) mass is 482 g/mol. The van der Waals surface area contributed by atoms with E-state index in [1.165, 1.54) is 48.7 Å². The Labute approximate surface area is 189 Å². The summed E-state index contributed by atoms with van der Waals surface area (Å²) in [5.74, 6) is -2.35. The Balaban J connectivity index is 0.000000469. The summed E-state index contributed by atoms with van der Waals surface area (Å²) >= 11 is 0. The highest BCUT2D eigenvalue weighted by Crippen LogP contribution is 2.37. The molecule has 0 bridgehead atoms. The third kappa shape index (κ3) is 6.47. The number of ether oxygens (including phenoxy) is 2. The van der Waals surface area contributed by atoms with Gasteiger partial charge in [0, 0.05) is 24.4 Å². The van der Waals surface area contributed by atoms with Gasteiger partial charge in [-0.05, 0) is 48.0 Å². The number of hydrogen-bond donors (Lipinski definition) is 0. The third-order valence-electron chi connectivity index (χ3n) is 4.49. The van der Waals surface area contributed by atoms with Crippen molar-refractivity contribution in [2.75, 3.05) is 4.90 Å². The van der Waals surface area contributed by atoms with Crippen LogP contribution in [-0.4, -0.2) is 36.8 Å². The predicted octanol–water partition coefficient (Wildman–Crippen LogP) is 4.39. The van der Waals surface area contributed by atoms with E-state index in [4.69, 9.17) is 0 Å². The number of anilines is 1. The van der Waals surface area contributed by atoms with E-state index < -0.39 is 36.5 Å². The van der Waals surface area contributed by atoms with Gasteiger partial charge < -0.3 is 9.47 Å². The van der Waals surface area contributed by atoms with Gasteiger partial charge in [0.2, 0.25) is 5.78 Å². The molecule has 2 aromatic carbocycles. The van der Waals surface area contributed by atoms with Gasteiger partial charge in [-0.3, -0.25) is 19.3 Å². The Morgan fingerprint density at radius 1 is 1.00 bits per heavy atom. The molecule has 2 heterocycles. The van der Waals surface area contributed by atoms with Gasteiger partial charge >= 0.3 is 13.0 Å². The summed E-state index contributed by atoms with van der Waals surface area (Å²) < 4.78 is 69.7. The molecule has 0 radical (unpaired) electrons. The summed E-state index contributed by atoms with van der Waals surface area (Å²) in [6, 6.07) is 9.13. The lowest BCUT2D eigenvalue weighted by atomic mass is 10.0. The van der Waals surface area contributed by atoms with Crippen LogP contribution < -0.4 is 14.4 Å². The van der Waals surface area contributed by atoms with Crippen molar-refractivity contribution in [2.24, 2.45) is 4.99 Å². The quantitative estimate of drug-likeness (QED) is 0.466. The van der Waals surface area contributed by atoms with Gasteiger partial charge in [-0.15, -0.1) is 13.2 Å². The highest BCUT2D eigenvalue weighted by Gasteiger charge is 2.40. The van der Waals surface area contributed by atoms with Crippen molar-refractivity contribution < 1.29 is 45.8 Å². The lowest BCUT2D eigenvalue weighted by Crippen LogP contribution is -2.29. The highest BCUT2D eigenvalue weighted by atomic mass is 19.4. The molecule has 0 saturated carbocycles. The standard InChI is InChI=1S/C18H12F5NO4.C4H3NO/c19-17(20)27-13-3-1-2-10(8-13)14-9-15(25)16(26)24(14)11-4-6-12(7-5-11)28-18(21,22)23;6-4-2-1-3-5-4/h1-8,14,17H,9H2;1-3H. The molecule has 1 unspecified atom stereocenters. The maximum Gasteiger partial charge on any atom is 0.573 e. The first-order valence-electron chi connectivity index (χ1n) is 9.55. The second-order valence-electron chi connectivity index (χ2n) is 6.79. The first kappa shape index (κ1) is 24.6. The van der Waals surface area contributed by atoms with Crippen molar-refractivity contribution in [2.45, 2.75) is 25.4 Å². The van der Waals surface area contributed by atoms with Crippen LogP contribution in [-0.2, 0) is 14.4 Å². The smallest absolute Gasteiger partial charge is 0.435 e. The topological polar surface area (TPSA) is 85.3 Å². The summed E-state index contributed by atoms with van der Waals surface area (Å²) in [5, 5.41) is 0. The normalized spacial score (nSPS) is 17.3. The van der Waals surface area contributed by atoms with Crippen LogP contribution in [0.4, 0.5) is 27.6 Å². The van der Waals surface area contributed by atoms with Crippen molar-refractivity contribution >= 4 is 29.5 Å². The Morgan fingerprint density at radius 3 is 2.24 bits per heavy atom. The number of hydrogen-bond acceptors (Lipinski definition) is 5. The first-order chi connectivity index (χ1) is 16.0. The van der Waals surface area contributed by atoms with Gasteiger partial charge in [0.15, 0.2) is 0 Å². The number of nitrogens with zero attached hydrogens (tertiary/aromatic N) is 2. The number of amides is 2. The van der Waals surface area contributed by atoms with Crippen molar-refractivity contribution in [1.82, 2.24) is 0 Å². The van der Waals surface area contributed by atoms with Gasteiger partial charge in [0.05, 0.1) is 6.04 Å². The summed E-state index contributed by atoms with van der Waals surface area (Å²) in [7, 11) is 0. The number of carbonyl (C=O) groups is 3. The van der Waals surface area contributed by atoms with E-state index in [1.54, 1.807) is 6.08 Å². The minimum atomic E-state index is -4.87. The predicted molar refractivity (Wildman–Crippen MR) is 109 cm³/mol. The fraction of sp³-hybridized carbons (Fsp3) is 0.182. The second kappa shape index (κ2) is 10.2. The molecule has 1 atom stereocenters. The zero-order valence-corrected chi connectivity index (χ0v) is 17.0. The molecule has 2 aliphatic heterocycles. The molecule has 2 amide bonds. The minimum Gasteiger partial charge on any atom is -0.435 e.